The van der Waals surface area contributed by atoms with E-state index >= 15 is 0 Å². The lowest BCUT2D eigenvalue weighted by Crippen LogP contribution is -2.25. The van der Waals surface area contributed by atoms with Crippen molar-refractivity contribution in [3.8, 4) is 0 Å². The van der Waals surface area contributed by atoms with Gasteiger partial charge in [0.1, 0.15) is 0 Å². The second kappa shape index (κ2) is 3.00. The maximum atomic E-state index is 9.96. The van der Waals surface area contributed by atoms with E-state index in [-0.39, 0.29) is 0 Å². The molecule has 2 N–H and O–H groups in total. The Morgan fingerprint density at radius 2 is 2.12 bits per heavy atom. The predicted molar refractivity (Wildman–Crippen MR) is 32.8 cm³/mol. The van der Waals surface area contributed by atoms with E-state index in [1.165, 1.54) is 6.92 Å². The van der Waals surface area contributed by atoms with E-state index in [9.17, 15) is 4.79 Å². The van der Waals surface area contributed by atoms with Crippen LogP contribution >= 0.6 is 9.24 Å². The van der Waals surface area contributed by atoms with E-state index in [2.05, 4.69) is 0 Å². The summed E-state index contributed by atoms with van der Waals surface area (Å²) in [6.45, 7) is 1.44. The van der Waals surface area contributed by atoms with Gasteiger partial charge in [-0.15, -0.1) is 9.24 Å². The normalized spacial score (nSPS) is 17.4. The van der Waals surface area contributed by atoms with Gasteiger partial charge in [0.05, 0.1) is 11.8 Å². The third-order valence-corrected chi connectivity index (χ3v) is 1.65. The van der Waals surface area contributed by atoms with Crippen LogP contribution in [-0.2, 0) is 4.79 Å². The number of aliphatic carboxylic acids is 1. The second-order valence-corrected chi connectivity index (χ2v) is 2.32. The molecule has 0 aliphatic heterocycles. The minimum atomic E-state index is -0.995. The highest BCUT2D eigenvalue weighted by atomic mass is 31.0. The summed E-state index contributed by atoms with van der Waals surface area (Å²) in [5, 5.41) is 16.8. The van der Waals surface area contributed by atoms with E-state index in [4.69, 9.17) is 10.2 Å². The third-order valence-electron chi connectivity index (χ3n) is 0.805. The van der Waals surface area contributed by atoms with Crippen LogP contribution in [0, 0.1) is 0 Å². The Balaban J connectivity index is 3.64. The monoisotopic (exact) mass is 136 g/mol. The quantitative estimate of drug-likeness (QED) is 0.512. The molecule has 0 saturated heterocycles. The zero-order valence-corrected chi connectivity index (χ0v) is 5.69. The molecule has 48 valence electrons. The van der Waals surface area contributed by atoms with Crippen LogP contribution in [0.25, 0.3) is 0 Å². The van der Waals surface area contributed by atoms with Crippen LogP contribution in [0.5, 0.6) is 0 Å². The van der Waals surface area contributed by atoms with E-state index in [0.29, 0.717) is 0 Å². The number of carboxylic acids is 1. The van der Waals surface area contributed by atoms with Gasteiger partial charge in [-0.2, -0.15) is 0 Å². The van der Waals surface area contributed by atoms with Crippen molar-refractivity contribution in [3.05, 3.63) is 0 Å². The summed E-state index contributed by atoms with van der Waals surface area (Å²) in [6.07, 6.45) is -0.794. The van der Waals surface area contributed by atoms with Crippen LogP contribution in [0.1, 0.15) is 6.92 Å². The summed E-state index contributed by atoms with van der Waals surface area (Å²) in [5.74, 6) is -0.995. The van der Waals surface area contributed by atoms with Gasteiger partial charge in [-0.05, 0) is 6.92 Å². The number of hydrogen-bond donors (Lipinski definition) is 2. The molecule has 0 aliphatic carbocycles. The highest BCUT2D eigenvalue weighted by molar-refractivity contribution is 7.19. The first-order chi connectivity index (χ1) is 3.55. The number of rotatable bonds is 2. The highest BCUT2D eigenvalue weighted by Crippen LogP contribution is 2.04. The van der Waals surface area contributed by atoms with Gasteiger partial charge in [0.25, 0.3) is 0 Å². The average molecular weight is 136 g/mol. The number of carboxylic acid groups (broad SMARTS) is 1. The first kappa shape index (κ1) is 7.86. The van der Waals surface area contributed by atoms with E-state index in [1.807, 2.05) is 9.24 Å². The van der Waals surface area contributed by atoms with Gasteiger partial charge in [0.2, 0.25) is 0 Å². The van der Waals surface area contributed by atoms with Gasteiger partial charge in [-0.25, -0.2) is 0 Å². The first-order valence-corrected chi connectivity index (χ1v) is 2.89. The number of carbonyl (C=O) groups is 1. The maximum Gasteiger partial charge on any atom is 0.312 e. The molecule has 0 heterocycles. The Bertz CT molecular complexity index is 91.3. The van der Waals surface area contributed by atoms with Crippen LogP contribution in [0.15, 0.2) is 0 Å². The standard InChI is InChI=1S/C4H9O3P/c1-2(5)3(8)4(6)7/h2-3,5H,8H2,1H3,(H,6,7). The largest absolute Gasteiger partial charge is 0.481 e. The molecule has 0 aliphatic rings. The van der Waals surface area contributed by atoms with Gasteiger partial charge in [-0.1, -0.05) is 0 Å². The fraction of sp³-hybridized carbons (Fsp3) is 0.750. The topological polar surface area (TPSA) is 57.5 Å². The first-order valence-electron chi connectivity index (χ1n) is 2.22. The lowest BCUT2D eigenvalue weighted by Gasteiger charge is -2.06. The molecule has 0 aromatic heterocycles. The summed E-state index contributed by atoms with van der Waals surface area (Å²) in [7, 11) is 2.04. The summed E-state index contributed by atoms with van der Waals surface area (Å²) in [4.78, 5) is 9.96. The van der Waals surface area contributed by atoms with Crippen molar-refractivity contribution in [1.82, 2.24) is 0 Å². The van der Waals surface area contributed by atoms with Gasteiger partial charge in [-0.3, -0.25) is 4.79 Å². The molecule has 0 rings (SSSR count). The predicted octanol–water partition coefficient (Wildman–Crippen LogP) is -0.305. The summed E-state index contributed by atoms with van der Waals surface area (Å²) >= 11 is 0. The maximum absolute atomic E-state index is 9.96. The molecule has 0 bridgehead atoms. The molecule has 3 unspecified atom stereocenters. The molecule has 0 radical (unpaired) electrons. The Hall–Kier alpha value is -0.140. The Kier molecular flexibility index (Phi) is 2.95. The van der Waals surface area contributed by atoms with Gasteiger partial charge in [0, 0.05) is 0 Å². The van der Waals surface area contributed by atoms with Crippen LogP contribution in [0.2, 0.25) is 0 Å². The molecule has 0 aromatic rings. The zero-order chi connectivity index (χ0) is 6.73. The van der Waals surface area contributed by atoms with Crippen molar-refractivity contribution in [3.63, 3.8) is 0 Å². The summed E-state index contributed by atoms with van der Waals surface area (Å²) in [6, 6.07) is 0. The fourth-order valence-electron chi connectivity index (χ4n) is 0.206. The number of hydrogen-bond acceptors (Lipinski definition) is 2. The molecule has 0 saturated carbocycles. The number of aliphatic hydroxyl groups is 1. The Morgan fingerprint density at radius 1 is 1.75 bits per heavy atom. The van der Waals surface area contributed by atoms with E-state index in [1.54, 1.807) is 0 Å². The molecular formula is C4H9O3P. The van der Waals surface area contributed by atoms with E-state index < -0.39 is 17.7 Å². The van der Waals surface area contributed by atoms with Crippen molar-refractivity contribution >= 4 is 15.2 Å². The van der Waals surface area contributed by atoms with Gasteiger partial charge in [0.15, 0.2) is 0 Å². The van der Waals surface area contributed by atoms with Crippen molar-refractivity contribution in [2.45, 2.75) is 18.7 Å². The lowest BCUT2D eigenvalue weighted by molar-refractivity contribution is -0.138. The third kappa shape index (κ3) is 2.24. The van der Waals surface area contributed by atoms with Crippen LogP contribution in [0.3, 0.4) is 0 Å². The molecule has 0 amide bonds. The van der Waals surface area contributed by atoms with Gasteiger partial charge < -0.3 is 10.2 Å². The molecule has 0 spiro atoms. The molecule has 0 aromatic carbocycles. The van der Waals surface area contributed by atoms with Crippen molar-refractivity contribution in [2.75, 3.05) is 0 Å². The van der Waals surface area contributed by atoms with Crippen LogP contribution in [-0.4, -0.2) is 27.9 Å². The molecule has 0 fully saturated rings. The Labute approximate surface area is 49.9 Å². The summed E-state index contributed by atoms with van der Waals surface area (Å²) in [5.41, 5.74) is -0.741. The zero-order valence-electron chi connectivity index (χ0n) is 4.53. The molecular weight excluding hydrogens is 127 g/mol. The van der Waals surface area contributed by atoms with Crippen LogP contribution < -0.4 is 0 Å². The highest BCUT2D eigenvalue weighted by Gasteiger charge is 2.15. The van der Waals surface area contributed by atoms with Crippen molar-refractivity contribution < 1.29 is 15.0 Å². The fourth-order valence-corrected chi connectivity index (χ4v) is 0.206. The molecule has 3 nitrogen and oxygen atoms in total. The van der Waals surface area contributed by atoms with E-state index in [0.717, 1.165) is 0 Å². The molecule has 3 atom stereocenters. The minimum Gasteiger partial charge on any atom is -0.481 e. The minimum absolute atomic E-state index is 0.741. The smallest absolute Gasteiger partial charge is 0.312 e. The lowest BCUT2D eigenvalue weighted by atomic mass is 10.3. The average Bonchev–Trinajstić information content (AvgIpc) is 1.64. The van der Waals surface area contributed by atoms with Gasteiger partial charge >= 0.3 is 5.97 Å². The number of aliphatic hydroxyl groups excluding tert-OH is 1. The Morgan fingerprint density at radius 3 is 2.12 bits per heavy atom. The molecule has 4 heteroatoms. The van der Waals surface area contributed by atoms with Crippen molar-refractivity contribution in [1.29, 1.82) is 0 Å². The SMILES string of the molecule is CC(O)C(P)C(=O)O. The summed E-state index contributed by atoms with van der Waals surface area (Å²) < 4.78 is 0. The van der Waals surface area contributed by atoms with Crippen LogP contribution in [0.4, 0.5) is 0 Å². The van der Waals surface area contributed by atoms with Crippen molar-refractivity contribution in [2.24, 2.45) is 0 Å². The second-order valence-electron chi connectivity index (χ2n) is 1.60. The molecule has 8 heavy (non-hydrogen) atoms.